The fourth-order valence-corrected chi connectivity index (χ4v) is 1.71. The Labute approximate surface area is 57.0 Å². The van der Waals surface area contributed by atoms with Gasteiger partial charge in [0.2, 0.25) is 5.69 Å². The van der Waals surface area contributed by atoms with Gasteiger partial charge >= 0.3 is 0 Å². The van der Waals surface area contributed by atoms with E-state index >= 15 is 0 Å². The molecule has 0 amide bonds. The van der Waals surface area contributed by atoms with Crippen LogP contribution < -0.4 is 9.79 Å². The molecular weight excluding hydrogens is 132 g/mol. The predicted octanol–water partition coefficient (Wildman–Crippen LogP) is -0.847. The molecule has 3 rings (SSSR count). The van der Waals surface area contributed by atoms with Crippen LogP contribution in [0.3, 0.4) is 0 Å². The molecule has 4 heteroatoms. The van der Waals surface area contributed by atoms with Crippen molar-refractivity contribution in [3.8, 4) is 5.95 Å². The summed E-state index contributed by atoms with van der Waals surface area (Å²) in [5, 5.41) is 14.5. The lowest BCUT2D eigenvalue weighted by molar-refractivity contribution is -0.764. The summed E-state index contributed by atoms with van der Waals surface area (Å²) in [6.07, 6.45) is 2.07. The normalized spacial score (nSPS) is 33.6. The molecule has 2 heterocycles. The monoisotopic (exact) mass is 138 g/mol. The van der Waals surface area contributed by atoms with Crippen molar-refractivity contribution < 1.29 is 14.3 Å². The lowest BCUT2D eigenvalue weighted by Gasteiger charge is -1.86. The molecule has 0 saturated heterocycles. The summed E-state index contributed by atoms with van der Waals surface area (Å²) in [5.41, 5.74) is 0.765. The summed E-state index contributed by atoms with van der Waals surface area (Å²) in [5.74, 6) is 0.457. The number of fused-ring (bicyclic) bond motifs is 3. The van der Waals surface area contributed by atoms with Crippen molar-refractivity contribution in [1.29, 1.82) is 0 Å². The predicted molar refractivity (Wildman–Crippen MR) is 27.0 cm³/mol. The van der Waals surface area contributed by atoms with E-state index in [1.807, 2.05) is 0 Å². The number of hydrogen-bond acceptors (Lipinski definition) is 3. The molecule has 0 spiro atoms. The van der Waals surface area contributed by atoms with Crippen LogP contribution in [0.25, 0.3) is 0 Å². The summed E-state index contributed by atoms with van der Waals surface area (Å²) in [6.45, 7) is 0. The third-order valence-corrected chi connectivity index (χ3v) is 2.38. The van der Waals surface area contributed by atoms with Crippen LogP contribution in [-0.2, 0) is 6.42 Å². The highest BCUT2D eigenvalue weighted by atomic mass is 16.6. The summed E-state index contributed by atoms with van der Waals surface area (Å²) in [4.78, 5) is 0. The van der Waals surface area contributed by atoms with Gasteiger partial charge in [0.15, 0.2) is 12.0 Å². The van der Waals surface area contributed by atoms with Crippen molar-refractivity contribution in [1.82, 2.24) is 5.27 Å². The summed E-state index contributed by atoms with van der Waals surface area (Å²) in [7, 11) is 0. The lowest BCUT2D eigenvalue weighted by atomic mass is 10.3. The highest BCUT2D eigenvalue weighted by Crippen LogP contribution is 2.46. The van der Waals surface area contributed by atoms with Gasteiger partial charge in [0.05, 0.1) is 5.27 Å². The summed E-state index contributed by atoms with van der Waals surface area (Å²) >= 11 is 0. The summed E-state index contributed by atoms with van der Waals surface area (Å²) in [6, 6.07) is 0.501. The molecule has 2 atom stereocenters. The number of aromatic nitrogens is 2. The quantitative estimate of drug-likeness (QED) is 0.439. The maximum atomic E-state index is 10.8. The fourth-order valence-electron chi connectivity index (χ4n) is 1.71. The van der Waals surface area contributed by atoms with Crippen LogP contribution in [-0.4, -0.2) is 5.27 Å². The van der Waals surface area contributed by atoms with Crippen LogP contribution in [0.1, 0.15) is 18.2 Å². The third-order valence-electron chi connectivity index (χ3n) is 2.38. The molecule has 0 aromatic carbocycles. The maximum Gasteiger partial charge on any atom is 0.234 e. The van der Waals surface area contributed by atoms with Gasteiger partial charge in [0.25, 0.3) is 0 Å². The molecule has 10 heavy (non-hydrogen) atoms. The molecule has 0 bridgehead atoms. The van der Waals surface area contributed by atoms with Gasteiger partial charge in [-0.2, -0.15) is 0 Å². The smallest absolute Gasteiger partial charge is 0.234 e. The third kappa shape index (κ3) is 0.364. The Kier molecular flexibility index (Phi) is 0.560. The van der Waals surface area contributed by atoms with Crippen molar-refractivity contribution in [3.63, 3.8) is 0 Å². The zero-order chi connectivity index (χ0) is 6.72. The number of rotatable bonds is 0. The Bertz CT molecular complexity index is 294. The zero-order valence-electron chi connectivity index (χ0n) is 5.28. The second-order valence-corrected chi connectivity index (χ2v) is 3.02. The van der Waals surface area contributed by atoms with Crippen molar-refractivity contribution in [3.05, 3.63) is 5.69 Å². The van der Waals surface area contributed by atoms with Crippen LogP contribution in [0, 0.1) is 5.92 Å². The second-order valence-electron chi connectivity index (χ2n) is 3.02. The standard InChI is InChI=1S/C6H6N2O2/c9-6-5-2-3-1-4(3)8(5)7-10-6/h3-4H,1-2H2/t3-,4-/m0/s1. The van der Waals surface area contributed by atoms with Crippen molar-refractivity contribution in [2.45, 2.75) is 18.9 Å². The first-order valence-corrected chi connectivity index (χ1v) is 3.43. The molecule has 0 unspecified atom stereocenters. The fraction of sp³-hybridized carbons (Fsp3) is 0.667. The van der Waals surface area contributed by atoms with Gasteiger partial charge in [-0.05, 0) is 0 Å². The largest absolute Gasteiger partial charge is 0.539 e. The van der Waals surface area contributed by atoms with E-state index in [-0.39, 0.29) is 5.95 Å². The minimum Gasteiger partial charge on any atom is -0.539 e. The van der Waals surface area contributed by atoms with Gasteiger partial charge in [-0.1, -0.05) is 4.68 Å². The van der Waals surface area contributed by atoms with Gasteiger partial charge in [0, 0.05) is 18.8 Å². The van der Waals surface area contributed by atoms with Gasteiger partial charge in [-0.25, -0.2) is 0 Å². The highest BCUT2D eigenvalue weighted by Gasteiger charge is 2.56. The highest BCUT2D eigenvalue weighted by molar-refractivity contribution is 5.11. The molecule has 0 radical (unpaired) electrons. The Morgan fingerprint density at radius 2 is 2.60 bits per heavy atom. The van der Waals surface area contributed by atoms with Crippen molar-refractivity contribution >= 4 is 0 Å². The summed E-state index contributed by atoms with van der Waals surface area (Å²) < 4.78 is 6.23. The van der Waals surface area contributed by atoms with E-state index in [0.717, 1.165) is 12.1 Å². The first-order chi connectivity index (χ1) is 4.86. The van der Waals surface area contributed by atoms with E-state index in [2.05, 4.69) is 9.79 Å². The molecular formula is C6H6N2O2. The Hall–Kier alpha value is -1.06. The Balaban J connectivity index is 2.24. The Morgan fingerprint density at radius 3 is 3.40 bits per heavy atom. The van der Waals surface area contributed by atoms with E-state index in [1.165, 1.54) is 6.42 Å². The van der Waals surface area contributed by atoms with Gasteiger partial charge in [0.1, 0.15) is 0 Å². The van der Waals surface area contributed by atoms with E-state index in [4.69, 9.17) is 0 Å². The lowest BCUT2D eigenvalue weighted by Crippen LogP contribution is -2.34. The van der Waals surface area contributed by atoms with E-state index in [0.29, 0.717) is 12.0 Å². The van der Waals surface area contributed by atoms with Crippen molar-refractivity contribution in [2.75, 3.05) is 0 Å². The average molecular weight is 138 g/mol. The molecule has 1 aliphatic heterocycles. The molecule has 1 fully saturated rings. The number of hydrogen-bond donors (Lipinski definition) is 0. The Morgan fingerprint density at radius 1 is 1.70 bits per heavy atom. The molecule has 52 valence electrons. The van der Waals surface area contributed by atoms with Gasteiger partial charge in [-0.3, -0.25) is 0 Å². The minimum atomic E-state index is -0.243. The SMILES string of the molecule is [O-]c1on[n+]2c1C[C@@H]1C[C@@H]12. The van der Waals surface area contributed by atoms with Crippen LogP contribution in [0.4, 0.5) is 0 Å². The first kappa shape index (κ1) is 4.71. The minimum absolute atomic E-state index is 0.243. The van der Waals surface area contributed by atoms with Crippen molar-refractivity contribution in [2.24, 2.45) is 5.92 Å². The molecule has 0 N–H and O–H groups in total. The van der Waals surface area contributed by atoms with Crippen LogP contribution in [0.15, 0.2) is 4.52 Å². The van der Waals surface area contributed by atoms with Gasteiger partial charge in [-0.15, -0.1) is 0 Å². The van der Waals surface area contributed by atoms with Crippen LogP contribution in [0.5, 0.6) is 5.95 Å². The topological polar surface area (TPSA) is 53.0 Å². The zero-order valence-corrected chi connectivity index (χ0v) is 5.28. The average Bonchev–Trinajstić information content (AvgIpc) is 2.46. The second kappa shape index (κ2) is 1.19. The maximum absolute atomic E-state index is 10.8. The molecule has 1 saturated carbocycles. The van der Waals surface area contributed by atoms with E-state index in [1.54, 1.807) is 4.68 Å². The van der Waals surface area contributed by atoms with Gasteiger partial charge < -0.3 is 9.63 Å². The van der Waals surface area contributed by atoms with Crippen LogP contribution in [0.2, 0.25) is 0 Å². The molecule has 1 aliphatic carbocycles. The molecule has 2 aliphatic rings. The first-order valence-electron chi connectivity index (χ1n) is 3.43. The van der Waals surface area contributed by atoms with E-state index in [9.17, 15) is 5.11 Å². The molecule has 1 aromatic rings. The number of nitrogens with zero attached hydrogens (tertiary/aromatic N) is 2. The van der Waals surface area contributed by atoms with Crippen LogP contribution >= 0.6 is 0 Å². The molecule has 4 nitrogen and oxygen atoms in total. The van der Waals surface area contributed by atoms with E-state index < -0.39 is 0 Å². The molecule has 1 aromatic heterocycles.